The summed E-state index contributed by atoms with van der Waals surface area (Å²) >= 11 is 3.79. The molecule has 0 saturated carbocycles. The average molecular weight is 235 g/mol. The molecule has 0 aliphatic carbocycles. The van der Waals surface area contributed by atoms with Gasteiger partial charge in [-0.15, -0.1) is 0 Å². The molecule has 0 aliphatic heterocycles. The first-order valence-electron chi connectivity index (χ1n) is 3.70. The summed E-state index contributed by atoms with van der Waals surface area (Å²) < 4.78 is 0. The van der Waals surface area contributed by atoms with Gasteiger partial charge in [-0.2, -0.15) is 0 Å². The molecule has 0 aromatic heterocycles. The molecule has 0 aromatic carbocycles. The second-order valence-corrected chi connectivity index (χ2v) is 11.2. The Hall–Kier alpha value is 0.130. The van der Waals surface area contributed by atoms with Crippen LogP contribution in [0.2, 0.25) is 0 Å². The Morgan fingerprint density at radius 1 is 0.909 bits per heavy atom. The number of rotatable bonds is 6. The summed E-state index contributed by atoms with van der Waals surface area (Å²) in [6.07, 6.45) is 9.21. The van der Waals surface area contributed by atoms with Crippen molar-refractivity contribution >= 4 is 21.5 Å². The fourth-order valence-electron chi connectivity index (χ4n) is 1.03. The van der Waals surface area contributed by atoms with Crippen LogP contribution in [-0.4, -0.2) is 18.5 Å². The van der Waals surface area contributed by atoms with Crippen LogP contribution in [0.5, 0.6) is 0 Å². The zero-order valence-electron chi connectivity index (χ0n) is 6.85. The van der Waals surface area contributed by atoms with Gasteiger partial charge in [-0.05, 0) is 0 Å². The Balaban J connectivity index is 4.09. The molecule has 2 heteroatoms. The zero-order chi connectivity index (χ0) is 8.74. The number of hydrogen-bond donors (Lipinski definition) is 0. The van der Waals surface area contributed by atoms with Crippen molar-refractivity contribution in [3.05, 3.63) is 38.0 Å². The van der Waals surface area contributed by atoms with Crippen LogP contribution in [0.3, 0.4) is 0 Å². The molecule has 11 heavy (non-hydrogen) atoms. The van der Waals surface area contributed by atoms with E-state index < -0.39 is 5.96 Å². The average Bonchev–Trinajstić information content (AvgIpc) is 1.88. The van der Waals surface area contributed by atoms with Crippen LogP contribution in [0.15, 0.2) is 38.0 Å². The summed E-state index contributed by atoms with van der Waals surface area (Å²) in [6.45, 7) is 11.2. The van der Waals surface area contributed by atoms with Crippen molar-refractivity contribution in [1.82, 2.24) is 0 Å². The molecule has 0 amide bonds. The Morgan fingerprint density at radius 2 is 1.18 bits per heavy atom. The standard InChI is InChI=1S/C9H16BrP/c1-4-7-11(10,8-5-2)9-6-3/h4-6,11H,1-3,7-9H2. The molecule has 0 aromatic rings. The van der Waals surface area contributed by atoms with Crippen molar-refractivity contribution in [2.45, 2.75) is 0 Å². The van der Waals surface area contributed by atoms with Crippen molar-refractivity contribution in [3.8, 4) is 0 Å². The molecule has 0 aliphatic rings. The summed E-state index contributed by atoms with van der Waals surface area (Å²) in [4.78, 5) is 0. The number of hydrogen-bond acceptors (Lipinski definition) is 0. The molecule has 0 saturated heterocycles. The second-order valence-electron chi connectivity index (χ2n) is 2.63. The third-order valence-corrected chi connectivity index (χ3v) is 7.51. The van der Waals surface area contributed by atoms with Gasteiger partial charge in [0.15, 0.2) is 0 Å². The summed E-state index contributed by atoms with van der Waals surface area (Å²) in [7, 11) is 0. The molecular weight excluding hydrogens is 219 g/mol. The van der Waals surface area contributed by atoms with E-state index in [0.29, 0.717) is 0 Å². The van der Waals surface area contributed by atoms with Gasteiger partial charge < -0.3 is 0 Å². The van der Waals surface area contributed by atoms with Crippen molar-refractivity contribution in [2.24, 2.45) is 0 Å². The van der Waals surface area contributed by atoms with Crippen LogP contribution < -0.4 is 0 Å². The van der Waals surface area contributed by atoms with E-state index in [1.54, 1.807) is 0 Å². The second kappa shape index (κ2) is 5.74. The first kappa shape index (κ1) is 11.1. The SMILES string of the molecule is C=CC[PH](Br)(CC=C)CC=C. The fourth-order valence-corrected chi connectivity index (χ4v) is 5.14. The Labute approximate surface area is 78.2 Å². The summed E-state index contributed by atoms with van der Waals surface area (Å²) in [5, 5.41) is 0. The third-order valence-electron chi connectivity index (χ3n) is 1.53. The maximum atomic E-state index is 3.79. The maximum absolute atomic E-state index is 3.79. The van der Waals surface area contributed by atoms with Gasteiger partial charge in [-0.1, -0.05) is 0 Å². The van der Waals surface area contributed by atoms with Crippen LogP contribution in [0.1, 0.15) is 0 Å². The molecule has 64 valence electrons. The predicted octanol–water partition coefficient (Wildman–Crippen LogP) is 3.60. The van der Waals surface area contributed by atoms with E-state index in [1.165, 1.54) is 0 Å². The number of halogens is 1. The van der Waals surface area contributed by atoms with E-state index in [1.807, 2.05) is 18.2 Å². The topological polar surface area (TPSA) is 0 Å². The molecule has 0 fully saturated rings. The van der Waals surface area contributed by atoms with E-state index >= 15 is 0 Å². The van der Waals surface area contributed by atoms with Gasteiger partial charge in [0.25, 0.3) is 0 Å². The van der Waals surface area contributed by atoms with E-state index in [9.17, 15) is 0 Å². The first-order chi connectivity index (χ1) is 5.18. The van der Waals surface area contributed by atoms with Crippen molar-refractivity contribution in [3.63, 3.8) is 0 Å². The van der Waals surface area contributed by atoms with E-state index in [0.717, 1.165) is 18.5 Å². The van der Waals surface area contributed by atoms with Crippen molar-refractivity contribution in [2.75, 3.05) is 18.5 Å². The first-order valence-corrected chi connectivity index (χ1v) is 8.58. The van der Waals surface area contributed by atoms with Crippen LogP contribution in [0.4, 0.5) is 0 Å². The third kappa shape index (κ3) is 4.55. The Kier molecular flexibility index (Phi) is 5.81. The fraction of sp³-hybridized carbons (Fsp3) is 0.333. The van der Waals surface area contributed by atoms with E-state index in [4.69, 9.17) is 0 Å². The quantitative estimate of drug-likeness (QED) is 0.487. The Bertz CT molecular complexity index is 125. The minimum absolute atomic E-state index is 1.09. The molecule has 0 bridgehead atoms. The summed E-state index contributed by atoms with van der Waals surface area (Å²) in [6, 6.07) is 0. The zero-order valence-corrected chi connectivity index (χ0v) is 9.44. The van der Waals surface area contributed by atoms with E-state index in [-0.39, 0.29) is 0 Å². The molecule has 0 nitrogen and oxygen atoms in total. The predicted molar refractivity (Wildman–Crippen MR) is 62.4 cm³/mol. The molecule has 0 unspecified atom stereocenters. The monoisotopic (exact) mass is 234 g/mol. The Morgan fingerprint density at radius 3 is 1.36 bits per heavy atom. The van der Waals surface area contributed by atoms with Crippen LogP contribution in [0.25, 0.3) is 0 Å². The van der Waals surface area contributed by atoms with Gasteiger partial charge in [-0.3, -0.25) is 0 Å². The summed E-state index contributed by atoms with van der Waals surface area (Å²) in [5.41, 5.74) is 0. The number of allylic oxidation sites excluding steroid dienone is 3. The van der Waals surface area contributed by atoms with Gasteiger partial charge in [0.1, 0.15) is 0 Å². The van der Waals surface area contributed by atoms with Gasteiger partial charge in [-0.25, -0.2) is 0 Å². The van der Waals surface area contributed by atoms with Crippen LogP contribution >= 0.6 is 21.5 Å². The van der Waals surface area contributed by atoms with Gasteiger partial charge >= 0.3 is 77.9 Å². The van der Waals surface area contributed by atoms with Crippen molar-refractivity contribution in [1.29, 1.82) is 0 Å². The van der Waals surface area contributed by atoms with E-state index in [2.05, 4.69) is 35.2 Å². The minimum atomic E-state index is -1.29. The van der Waals surface area contributed by atoms with Gasteiger partial charge in [0.2, 0.25) is 0 Å². The van der Waals surface area contributed by atoms with Crippen LogP contribution in [0, 0.1) is 0 Å². The summed E-state index contributed by atoms with van der Waals surface area (Å²) in [5.74, 6) is -1.29. The molecular formula is C9H16BrP. The van der Waals surface area contributed by atoms with Crippen molar-refractivity contribution < 1.29 is 0 Å². The molecule has 0 radical (unpaired) electrons. The molecule has 0 atom stereocenters. The normalized spacial score (nSPS) is 12.1. The van der Waals surface area contributed by atoms with Crippen LogP contribution in [-0.2, 0) is 0 Å². The van der Waals surface area contributed by atoms with Gasteiger partial charge in [0, 0.05) is 0 Å². The molecule has 0 heterocycles. The molecule has 0 spiro atoms. The molecule has 0 N–H and O–H groups in total. The van der Waals surface area contributed by atoms with Gasteiger partial charge in [0.05, 0.1) is 0 Å². The molecule has 0 rings (SSSR count).